The van der Waals surface area contributed by atoms with Crippen LogP contribution in [-0.4, -0.2) is 46.9 Å². The van der Waals surface area contributed by atoms with E-state index < -0.39 is 29.9 Å². The van der Waals surface area contributed by atoms with Crippen molar-refractivity contribution in [2.75, 3.05) is 12.4 Å². The molecule has 10 heteroatoms. The summed E-state index contributed by atoms with van der Waals surface area (Å²) in [5.41, 5.74) is 1.88. The molecule has 1 heterocycles. The van der Waals surface area contributed by atoms with E-state index in [1.165, 1.54) is 12.5 Å². The van der Waals surface area contributed by atoms with Crippen molar-refractivity contribution in [2.24, 2.45) is 0 Å². The van der Waals surface area contributed by atoms with Crippen LogP contribution >= 0.6 is 11.3 Å². The Hall–Kier alpha value is -4.05. The summed E-state index contributed by atoms with van der Waals surface area (Å²) in [6.07, 6.45) is 0.705. The van der Waals surface area contributed by atoms with Crippen molar-refractivity contribution in [3.05, 3.63) is 82.9 Å². The normalized spacial score (nSPS) is 11.3. The van der Waals surface area contributed by atoms with E-state index in [1.807, 2.05) is 60.7 Å². The third-order valence-electron chi connectivity index (χ3n) is 5.37. The van der Waals surface area contributed by atoms with Crippen molar-refractivity contribution < 1.29 is 23.9 Å². The Kier molecular flexibility index (Phi) is 9.70. The number of carbonyl (C=O) groups excluding carboxylic acids is 4. The molecule has 0 radical (unpaired) electrons. The lowest BCUT2D eigenvalue weighted by atomic mass is 10.0. The van der Waals surface area contributed by atoms with E-state index in [2.05, 4.69) is 20.4 Å². The van der Waals surface area contributed by atoms with E-state index in [9.17, 15) is 19.2 Å². The van der Waals surface area contributed by atoms with Gasteiger partial charge in [-0.3, -0.25) is 14.5 Å². The molecule has 3 rings (SSSR count). The summed E-state index contributed by atoms with van der Waals surface area (Å²) in [4.78, 5) is 56.3. The summed E-state index contributed by atoms with van der Waals surface area (Å²) < 4.78 is 4.66. The maximum atomic E-state index is 13.4. The van der Waals surface area contributed by atoms with Gasteiger partial charge in [0, 0.05) is 18.3 Å². The molecule has 0 saturated heterocycles. The van der Waals surface area contributed by atoms with Crippen molar-refractivity contribution in [3.8, 4) is 0 Å². The van der Waals surface area contributed by atoms with E-state index in [-0.39, 0.29) is 30.2 Å². The fraction of sp³-hybridized carbons (Fsp3) is 0.269. The number of methoxy groups -OCH3 is 1. The van der Waals surface area contributed by atoms with Crippen LogP contribution in [0.2, 0.25) is 0 Å². The maximum absolute atomic E-state index is 13.4. The molecule has 0 spiro atoms. The third kappa shape index (κ3) is 7.22. The standard InChI is InChI=1S/C26H28N4O5S/c1-3-22(31)30(26(34)27-16-19-12-8-5-9-13-19)21(15-14-18-10-6-4-7-11-18)23(32)29-25-28-20(17-36-25)24(33)35-2/h4-13,17,21H,3,14-16H2,1-2H3,(H,27,34)(H,28,29,32)/t21-/m0/s1. The number of imide groups is 1. The summed E-state index contributed by atoms with van der Waals surface area (Å²) in [5, 5.41) is 7.03. The van der Waals surface area contributed by atoms with Gasteiger partial charge >= 0.3 is 12.0 Å². The van der Waals surface area contributed by atoms with Crippen LogP contribution < -0.4 is 10.6 Å². The highest BCUT2D eigenvalue weighted by atomic mass is 32.1. The highest BCUT2D eigenvalue weighted by molar-refractivity contribution is 7.14. The topological polar surface area (TPSA) is 118 Å². The highest BCUT2D eigenvalue weighted by Crippen LogP contribution is 2.19. The molecule has 9 nitrogen and oxygen atoms in total. The van der Waals surface area contributed by atoms with E-state index >= 15 is 0 Å². The van der Waals surface area contributed by atoms with E-state index in [4.69, 9.17) is 0 Å². The summed E-state index contributed by atoms with van der Waals surface area (Å²) in [5.74, 6) is -1.69. The Morgan fingerprint density at radius 3 is 2.25 bits per heavy atom. The molecule has 188 valence electrons. The second kappa shape index (κ2) is 13.1. The van der Waals surface area contributed by atoms with Crippen molar-refractivity contribution in [2.45, 2.75) is 38.8 Å². The molecule has 0 aliphatic carbocycles. The summed E-state index contributed by atoms with van der Waals surface area (Å²) in [6.45, 7) is 1.84. The van der Waals surface area contributed by atoms with Crippen molar-refractivity contribution >= 4 is 40.3 Å². The number of nitrogens with zero attached hydrogens (tertiary/aromatic N) is 2. The fourth-order valence-corrected chi connectivity index (χ4v) is 4.18. The first-order chi connectivity index (χ1) is 17.4. The summed E-state index contributed by atoms with van der Waals surface area (Å²) >= 11 is 1.05. The number of amides is 4. The van der Waals surface area contributed by atoms with Gasteiger partial charge in [0.05, 0.1) is 7.11 Å². The molecule has 0 aliphatic rings. The molecule has 3 aromatic rings. The SMILES string of the molecule is CCC(=O)N(C(=O)NCc1ccccc1)[C@@H](CCc1ccccc1)C(=O)Nc1nc(C(=O)OC)cs1. The summed E-state index contributed by atoms with van der Waals surface area (Å²) in [6, 6.07) is 17.0. The number of carbonyl (C=O) groups is 4. The van der Waals surface area contributed by atoms with E-state index in [1.54, 1.807) is 6.92 Å². The number of aromatic nitrogens is 1. The van der Waals surface area contributed by atoms with Gasteiger partial charge in [-0.15, -0.1) is 11.3 Å². The third-order valence-corrected chi connectivity index (χ3v) is 6.13. The van der Waals surface area contributed by atoms with Gasteiger partial charge in [-0.05, 0) is 24.0 Å². The fourth-order valence-electron chi connectivity index (χ4n) is 3.50. The predicted molar refractivity (Wildman–Crippen MR) is 136 cm³/mol. The van der Waals surface area contributed by atoms with E-state index in [0.717, 1.165) is 27.4 Å². The number of rotatable bonds is 10. The smallest absolute Gasteiger partial charge is 0.357 e. The van der Waals surface area contributed by atoms with Crippen LogP contribution in [0.25, 0.3) is 0 Å². The molecule has 0 unspecified atom stereocenters. The molecule has 0 saturated carbocycles. The minimum Gasteiger partial charge on any atom is -0.464 e. The molecule has 2 N–H and O–H groups in total. The number of nitrogens with one attached hydrogen (secondary N) is 2. The van der Waals surface area contributed by atoms with Crippen LogP contribution in [0.4, 0.5) is 9.93 Å². The molecule has 0 fully saturated rings. The van der Waals surface area contributed by atoms with Crippen LogP contribution in [0, 0.1) is 0 Å². The van der Waals surface area contributed by atoms with Crippen LogP contribution in [0.15, 0.2) is 66.0 Å². The number of hydrogen-bond acceptors (Lipinski definition) is 7. The predicted octanol–water partition coefficient (Wildman–Crippen LogP) is 4.02. The second-order valence-corrected chi connectivity index (χ2v) is 8.68. The quantitative estimate of drug-likeness (QED) is 0.400. The first-order valence-electron chi connectivity index (χ1n) is 11.4. The molecular weight excluding hydrogens is 480 g/mol. The number of thiazole rings is 1. The van der Waals surface area contributed by atoms with Gasteiger partial charge in [-0.1, -0.05) is 67.6 Å². The molecule has 0 bridgehead atoms. The first kappa shape index (κ1) is 26.6. The van der Waals surface area contributed by atoms with Crippen molar-refractivity contribution in [3.63, 3.8) is 0 Å². The molecule has 36 heavy (non-hydrogen) atoms. The van der Waals surface area contributed by atoms with Gasteiger partial charge in [0.2, 0.25) is 11.8 Å². The Morgan fingerprint density at radius 2 is 1.64 bits per heavy atom. The highest BCUT2D eigenvalue weighted by Gasteiger charge is 2.34. The lowest BCUT2D eigenvalue weighted by Crippen LogP contribution is -2.54. The van der Waals surface area contributed by atoms with Gasteiger partial charge in [0.1, 0.15) is 6.04 Å². The Balaban J connectivity index is 1.83. The van der Waals surface area contributed by atoms with Crippen LogP contribution in [-0.2, 0) is 27.3 Å². The van der Waals surface area contributed by atoms with Gasteiger partial charge in [-0.2, -0.15) is 0 Å². The van der Waals surface area contributed by atoms with Crippen molar-refractivity contribution in [1.29, 1.82) is 0 Å². The number of benzene rings is 2. The monoisotopic (exact) mass is 508 g/mol. The van der Waals surface area contributed by atoms with Gasteiger partial charge in [0.15, 0.2) is 10.8 Å². The van der Waals surface area contributed by atoms with Gasteiger partial charge in [-0.25, -0.2) is 14.6 Å². The number of ether oxygens (including phenoxy) is 1. The van der Waals surface area contributed by atoms with Crippen LogP contribution in [0.3, 0.4) is 0 Å². The zero-order valence-corrected chi connectivity index (χ0v) is 20.9. The van der Waals surface area contributed by atoms with Crippen molar-refractivity contribution in [1.82, 2.24) is 15.2 Å². The number of esters is 1. The Bertz CT molecular complexity index is 1180. The van der Waals surface area contributed by atoms with E-state index in [0.29, 0.717) is 6.42 Å². The number of hydrogen-bond donors (Lipinski definition) is 2. The molecule has 4 amide bonds. The summed E-state index contributed by atoms with van der Waals surface area (Å²) in [7, 11) is 1.24. The van der Waals surface area contributed by atoms with Crippen LogP contribution in [0.1, 0.15) is 41.4 Å². The zero-order chi connectivity index (χ0) is 25.9. The molecule has 1 atom stereocenters. The van der Waals surface area contributed by atoms with Gasteiger partial charge in [0.25, 0.3) is 0 Å². The molecular formula is C26H28N4O5S. The second-order valence-electron chi connectivity index (χ2n) is 7.82. The Labute approximate surface area is 213 Å². The molecule has 0 aliphatic heterocycles. The first-order valence-corrected chi connectivity index (χ1v) is 12.3. The number of anilines is 1. The van der Waals surface area contributed by atoms with Crippen LogP contribution in [0.5, 0.6) is 0 Å². The largest absolute Gasteiger partial charge is 0.464 e. The minimum atomic E-state index is -1.10. The lowest BCUT2D eigenvalue weighted by molar-refractivity contribution is -0.135. The Morgan fingerprint density at radius 1 is 1.00 bits per heavy atom. The number of urea groups is 1. The zero-order valence-electron chi connectivity index (χ0n) is 20.1. The van der Waals surface area contributed by atoms with Gasteiger partial charge < -0.3 is 15.4 Å². The number of aryl methyl sites for hydroxylation is 1. The molecule has 2 aromatic carbocycles. The average molecular weight is 509 g/mol. The maximum Gasteiger partial charge on any atom is 0.357 e. The lowest BCUT2D eigenvalue weighted by Gasteiger charge is -2.29. The minimum absolute atomic E-state index is 0.0393. The molecule has 1 aromatic heterocycles. The average Bonchev–Trinajstić information content (AvgIpc) is 3.38.